The van der Waals surface area contributed by atoms with Crippen molar-refractivity contribution in [2.75, 3.05) is 11.6 Å². The SMILES string of the molecule is CSc1nc(NC(N)=O)c2c3c(sc2n1)C[C@H](C(C)(C)C)CC3. The van der Waals surface area contributed by atoms with E-state index in [-0.39, 0.29) is 0 Å². The van der Waals surface area contributed by atoms with Crippen molar-refractivity contribution in [3.8, 4) is 0 Å². The summed E-state index contributed by atoms with van der Waals surface area (Å²) in [7, 11) is 0. The topological polar surface area (TPSA) is 80.9 Å². The highest BCUT2D eigenvalue weighted by atomic mass is 32.2. The first-order valence-corrected chi connectivity index (χ1v) is 9.76. The molecule has 2 heterocycles. The molecule has 0 fully saturated rings. The maximum absolute atomic E-state index is 11.3. The van der Waals surface area contributed by atoms with Crippen LogP contribution in [0.3, 0.4) is 0 Å². The highest BCUT2D eigenvalue weighted by Crippen LogP contribution is 2.44. The van der Waals surface area contributed by atoms with Crippen LogP contribution in [0, 0.1) is 11.3 Å². The summed E-state index contributed by atoms with van der Waals surface area (Å²) >= 11 is 3.20. The summed E-state index contributed by atoms with van der Waals surface area (Å²) in [5.41, 5.74) is 6.91. The van der Waals surface area contributed by atoms with Gasteiger partial charge in [0.1, 0.15) is 10.6 Å². The van der Waals surface area contributed by atoms with E-state index in [1.807, 2.05) is 6.26 Å². The number of hydrogen-bond donors (Lipinski definition) is 2. The molecule has 2 amide bonds. The Morgan fingerprint density at radius 1 is 1.39 bits per heavy atom. The van der Waals surface area contributed by atoms with Gasteiger partial charge in [-0.2, -0.15) is 0 Å². The van der Waals surface area contributed by atoms with E-state index in [1.165, 1.54) is 22.2 Å². The minimum absolute atomic E-state index is 0.304. The normalized spacial score (nSPS) is 18.0. The molecule has 3 N–H and O–H groups in total. The van der Waals surface area contributed by atoms with Crippen LogP contribution in [-0.4, -0.2) is 22.3 Å². The monoisotopic (exact) mass is 350 g/mol. The van der Waals surface area contributed by atoms with E-state index in [4.69, 9.17) is 5.73 Å². The molecule has 0 bridgehead atoms. The number of nitrogens with zero attached hydrogens (tertiary/aromatic N) is 2. The molecule has 0 aromatic carbocycles. The fourth-order valence-electron chi connectivity index (χ4n) is 3.20. The van der Waals surface area contributed by atoms with Gasteiger partial charge in [0.05, 0.1) is 5.39 Å². The molecule has 2 aromatic rings. The highest BCUT2D eigenvalue weighted by Gasteiger charge is 2.32. The quantitative estimate of drug-likeness (QED) is 0.632. The second-order valence-electron chi connectivity index (χ2n) is 7.04. The molecular formula is C16H22N4OS2. The summed E-state index contributed by atoms with van der Waals surface area (Å²) < 4.78 is 0. The van der Waals surface area contributed by atoms with Gasteiger partial charge in [0.25, 0.3) is 0 Å². The lowest BCUT2D eigenvalue weighted by Gasteiger charge is -2.33. The first-order valence-electron chi connectivity index (χ1n) is 7.72. The third-order valence-corrected chi connectivity index (χ3v) is 6.23. The van der Waals surface area contributed by atoms with Crippen molar-refractivity contribution in [2.45, 2.75) is 45.2 Å². The van der Waals surface area contributed by atoms with Gasteiger partial charge >= 0.3 is 6.03 Å². The number of rotatable bonds is 2. The van der Waals surface area contributed by atoms with Crippen molar-refractivity contribution < 1.29 is 4.79 Å². The van der Waals surface area contributed by atoms with Crippen LogP contribution < -0.4 is 11.1 Å². The minimum atomic E-state index is -0.583. The van der Waals surface area contributed by atoms with Crippen LogP contribution in [0.1, 0.15) is 37.6 Å². The van der Waals surface area contributed by atoms with Crippen molar-refractivity contribution >= 4 is 45.2 Å². The highest BCUT2D eigenvalue weighted by molar-refractivity contribution is 7.98. The van der Waals surface area contributed by atoms with Gasteiger partial charge < -0.3 is 5.73 Å². The number of carbonyl (C=O) groups is 1. The largest absolute Gasteiger partial charge is 0.351 e. The summed E-state index contributed by atoms with van der Waals surface area (Å²) in [4.78, 5) is 22.8. The number of hydrogen-bond acceptors (Lipinski definition) is 5. The minimum Gasteiger partial charge on any atom is -0.351 e. The molecule has 0 aliphatic heterocycles. The fourth-order valence-corrected chi connectivity index (χ4v) is 4.92. The van der Waals surface area contributed by atoms with Crippen molar-refractivity contribution in [1.29, 1.82) is 0 Å². The Morgan fingerprint density at radius 3 is 2.74 bits per heavy atom. The van der Waals surface area contributed by atoms with Gasteiger partial charge in [-0.3, -0.25) is 5.32 Å². The Kier molecular flexibility index (Phi) is 4.27. The molecule has 2 aromatic heterocycles. The molecule has 0 saturated carbocycles. The second-order valence-corrected chi connectivity index (χ2v) is 8.89. The number of nitrogens with two attached hydrogens (primary N) is 1. The molecule has 0 unspecified atom stereocenters. The molecule has 1 atom stereocenters. The first kappa shape index (κ1) is 16.5. The Hall–Kier alpha value is -1.34. The van der Waals surface area contributed by atoms with Crippen LogP contribution in [0.15, 0.2) is 5.16 Å². The predicted octanol–water partition coefficient (Wildman–Crippen LogP) is 4.05. The van der Waals surface area contributed by atoms with Crippen LogP contribution in [0.4, 0.5) is 10.6 Å². The maximum atomic E-state index is 11.3. The molecule has 0 saturated heterocycles. The molecule has 1 aliphatic carbocycles. The van der Waals surface area contributed by atoms with E-state index in [0.29, 0.717) is 22.3 Å². The van der Waals surface area contributed by atoms with Gasteiger partial charge in [-0.1, -0.05) is 32.5 Å². The van der Waals surface area contributed by atoms with Crippen molar-refractivity contribution in [1.82, 2.24) is 9.97 Å². The molecule has 23 heavy (non-hydrogen) atoms. The number of anilines is 1. The van der Waals surface area contributed by atoms with Crippen molar-refractivity contribution in [2.24, 2.45) is 17.1 Å². The van der Waals surface area contributed by atoms with Crippen LogP contribution in [0.5, 0.6) is 0 Å². The van der Waals surface area contributed by atoms with Crippen molar-refractivity contribution in [3.63, 3.8) is 0 Å². The van der Waals surface area contributed by atoms with E-state index in [1.54, 1.807) is 11.3 Å². The van der Waals surface area contributed by atoms with E-state index < -0.39 is 6.03 Å². The maximum Gasteiger partial charge on any atom is 0.317 e. The van der Waals surface area contributed by atoms with Crippen LogP contribution >= 0.6 is 23.1 Å². The van der Waals surface area contributed by atoms with E-state index in [0.717, 1.165) is 29.5 Å². The van der Waals surface area contributed by atoms with Gasteiger partial charge in [-0.25, -0.2) is 14.8 Å². The number of thiophene rings is 1. The van der Waals surface area contributed by atoms with Crippen LogP contribution in [0.25, 0.3) is 10.2 Å². The van der Waals surface area contributed by atoms with Gasteiger partial charge in [0, 0.05) is 4.88 Å². The zero-order valence-electron chi connectivity index (χ0n) is 13.9. The lowest BCUT2D eigenvalue weighted by Crippen LogP contribution is -2.26. The summed E-state index contributed by atoms with van der Waals surface area (Å²) in [5.74, 6) is 1.22. The third-order valence-electron chi connectivity index (χ3n) is 4.54. The Labute approximate surface area is 144 Å². The van der Waals surface area contributed by atoms with Gasteiger partial charge in [0.2, 0.25) is 0 Å². The zero-order chi connectivity index (χ0) is 16.8. The number of fused-ring (bicyclic) bond motifs is 3. The number of carbonyl (C=O) groups excluding carboxylic acids is 1. The molecule has 7 heteroatoms. The summed E-state index contributed by atoms with van der Waals surface area (Å²) in [6, 6.07) is -0.583. The molecule has 3 rings (SSSR count). The molecule has 5 nitrogen and oxygen atoms in total. The number of amides is 2. The Morgan fingerprint density at radius 2 is 2.13 bits per heavy atom. The van der Waals surface area contributed by atoms with Crippen LogP contribution in [-0.2, 0) is 12.8 Å². The molecule has 0 radical (unpaired) electrons. The van der Waals surface area contributed by atoms with Crippen molar-refractivity contribution in [3.05, 3.63) is 10.4 Å². The molecule has 0 spiro atoms. The number of nitrogens with one attached hydrogen (secondary N) is 1. The molecule has 1 aliphatic rings. The van der Waals surface area contributed by atoms with Gasteiger partial charge in [-0.05, 0) is 42.4 Å². The Balaban J connectivity index is 2.11. The second kappa shape index (κ2) is 5.94. The van der Waals surface area contributed by atoms with E-state index in [9.17, 15) is 4.79 Å². The predicted molar refractivity (Wildman–Crippen MR) is 97.4 cm³/mol. The van der Waals surface area contributed by atoms with Gasteiger partial charge in [-0.15, -0.1) is 11.3 Å². The van der Waals surface area contributed by atoms with Gasteiger partial charge in [0.15, 0.2) is 5.16 Å². The average molecular weight is 351 g/mol. The molecular weight excluding hydrogens is 328 g/mol. The van der Waals surface area contributed by atoms with E-state index >= 15 is 0 Å². The molecule has 124 valence electrons. The summed E-state index contributed by atoms with van der Waals surface area (Å²) in [5, 5.41) is 4.32. The smallest absolute Gasteiger partial charge is 0.317 e. The first-order chi connectivity index (χ1) is 10.8. The number of thioether (sulfide) groups is 1. The number of urea groups is 1. The number of aromatic nitrogens is 2. The fraction of sp³-hybridized carbons (Fsp3) is 0.562. The zero-order valence-corrected chi connectivity index (χ0v) is 15.5. The standard InChI is InChI=1S/C16H22N4OS2/c1-16(2,3)8-5-6-9-10(7-8)23-13-11(9)12(18-14(17)21)19-15(20-13)22-4/h8H,5-7H2,1-4H3,(H3,17,18,19,20,21)/t8-/m1/s1. The number of aryl methyl sites for hydroxylation is 1. The van der Waals surface area contributed by atoms with Crippen LogP contribution in [0.2, 0.25) is 0 Å². The lowest BCUT2D eigenvalue weighted by atomic mass is 9.72. The summed E-state index contributed by atoms with van der Waals surface area (Å²) in [6.07, 6.45) is 5.16. The third kappa shape index (κ3) is 3.17. The Bertz CT molecular complexity index is 764. The summed E-state index contributed by atoms with van der Waals surface area (Å²) in [6.45, 7) is 6.92. The average Bonchev–Trinajstić information content (AvgIpc) is 2.82. The number of primary amides is 1. The lowest BCUT2D eigenvalue weighted by molar-refractivity contribution is 0.218. The van der Waals surface area contributed by atoms with E-state index in [2.05, 4.69) is 36.1 Å².